The van der Waals surface area contributed by atoms with Crippen LogP contribution in [0.1, 0.15) is 40.3 Å². The number of non-ortho nitro benzene ring substituents is 2. The molecule has 0 radical (unpaired) electrons. The number of aryl methyl sites for hydroxylation is 1. The summed E-state index contributed by atoms with van der Waals surface area (Å²) in [5, 5.41) is 21.7. The van der Waals surface area contributed by atoms with Gasteiger partial charge in [-0.2, -0.15) is 0 Å². The summed E-state index contributed by atoms with van der Waals surface area (Å²) in [6, 6.07) is 13.0. The lowest BCUT2D eigenvalue weighted by Gasteiger charge is -2.11. The van der Waals surface area contributed by atoms with Gasteiger partial charge < -0.3 is 0 Å². The van der Waals surface area contributed by atoms with E-state index in [0.717, 1.165) is 41.8 Å². The van der Waals surface area contributed by atoms with Crippen molar-refractivity contribution in [2.24, 2.45) is 0 Å². The van der Waals surface area contributed by atoms with Crippen molar-refractivity contribution in [3.63, 3.8) is 0 Å². The number of hydrogen-bond donors (Lipinski definition) is 0. The minimum Gasteiger partial charge on any atom is -0.258 e. The molecule has 1 aromatic heterocycles. The van der Waals surface area contributed by atoms with E-state index in [1.807, 2.05) is 0 Å². The van der Waals surface area contributed by atoms with Crippen LogP contribution in [0.4, 0.5) is 11.4 Å². The van der Waals surface area contributed by atoms with E-state index >= 15 is 0 Å². The second-order valence-corrected chi connectivity index (χ2v) is 7.07. The Morgan fingerprint density at radius 1 is 0.759 bits per heavy atom. The van der Waals surface area contributed by atoms with Crippen LogP contribution in [-0.2, 0) is 25.7 Å². The third kappa shape index (κ3) is 4.11. The molecule has 0 amide bonds. The maximum Gasteiger partial charge on any atom is 0.269 e. The Balaban J connectivity index is 1.60. The van der Waals surface area contributed by atoms with Gasteiger partial charge in [0.1, 0.15) is 5.82 Å². The molecule has 3 aromatic rings. The number of aromatic nitrogens is 2. The fraction of sp³-hybridized carbons (Fsp3) is 0.238. The summed E-state index contributed by atoms with van der Waals surface area (Å²) in [4.78, 5) is 30.3. The van der Waals surface area contributed by atoms with E-state index in [4.69, 9.17) is 9.97 Å². The van der Waals surface area contributed by atoms with Gasteiger partial charge in [-0.05, 0) is 36.0 Å². The lowest BCUT2D eigenvalue weighted by atomic mass is 10.0. The fourth-order valence-corrected chi connectivity index (χ4v) is 3.64. The summed E-state index contributed by atoms with van der Waals surface area (Å²) in [5.74, 6) is 0.691. The van der Waals surface area contributed by atoms with Crippen molar-refractivity contribution < 1.29 is 9.85 Å². The van der Waals surface area contributed by atoms with Gasteiger partial charge in [-0.25, -0.2) is 9.97 Å². The molecule has 0 aliphatic heterocycles. The molecule has 1 heterocycles. The lowest BCUT2D eigenvalue weighted by molar-refractivity contribution is -0.385. The van der Waals surface area contributed by atoms with Crippen molar-refractivity contribution in [3.8, 4) is 0 Å². The second kappa shape index (κ2) is 7.75. The van der Waals surface area contributed by atoms with Crippen LogP contribution in [0.15, 0.2) is 48.5 Å². The van der Waals surface area contributed by atoms with Crippen LogP contribution >= 0.6 is 0 Å². The van der Waals surface area contributed by atoms with E-state index in [1.165, 1.54) is 29.8 Å². The number of fused-ring (bicyclic) bond motifs is 1. The van der Waals surface area contributed by atoms with Crippen molar-refractivity contribution in [3.05, 3.63) is 103 Å². The summed E-state index contributed by atoms with van der Waals surface area (Å²) in [6.45, 7) is 0. The number of hydrogen-bond acceptors (Lipinski definition) is 6. The average Bonchev–Trinajstić information content (AvgIpc) is 3.18. The maximum atomic E-state index is 10.8. The molecule has 29 heavy (non-hydrogen) atoms. The second-order valence-electron chi connectivity index (χ2n) is 7.07. The van der Waals surface area contributed by atoms with E-state index in [2.05, 4.69) is 0 Å². The molecule has 4 rings (SSSR count). The highest BCUT2D eigenvalue weighted by Crippen LogP contribution is 2.26. The maximum absolute atomic E-state index is 10.8. The number of nitro groups is 2. The van der Waals surface area contributed by atoms with E-state index in [1.54, 1.807) is 24.3 Å². The average molecular weight is 390 g/mol. The van der Waals surface area contributed by atoms with Crippen molar-refractivity contribution >= 4 is 11.4 Å². The summed E-state index contributed by atoms with van der Waals surface area (Å²) in [6.07, 6.45) is 3.99. The third-order valence-corrected chi connectivity index (χ3v) is 5.09. The van der Waals surface area contributed by atoms with E-state index in [-0.39, 0.29) is 11.4 Å². The van der Waals surface area contributed by atoms with Gasteiger partial charge in [-0.3, -0.25) is 20.2 Å². The van der Waals surface area contributed by atoms with E-state index in [9.17, 15) is 20.2 Å². The van der Waals surface area contributed by atoms with Gasteiger partial charge in [0, 0.05) is 42.8 Å². The molecule has 0 unspecified atom stereocenters. The highest BCUT2D eigenvalue weighted by Gasteiger charge is 2.20. The smallest absolute Gasteiger partial charge is 0.258 e. The first-order chi connectivity index (χ1) is 14.0. The molecule has 0 N–H and O–H groups in total. The number of benzene rings is 2. The van der Waals surface area contributed by atoms with Crippen LogP contribution in [-0.4, -0.2) is 19.8 Å². The molecule has 8 heteroatoms. The molecule has 0 atom stereocenters. The zero-order valence-electron chi connectivity index (χ0n) is 15.6. The minimum atomic E-state index is -0.419. The SMILES string of the molecule is O=[N+]([O-])c1ccc(Cc2nc3c(c(Cc4ccc([N+](=O)[O-])cc4)n2)CCC3)cc1. The molecule has 0 fully saturated rings. The molecule has 1 aliphatic rings. The van der Waals surface area contributed by atoms with Gasteiger partial charge in [0.15, 0.2) is 0 Å². The normalized spacial score (nSPS) is 12.6. The van der Waals surface area contributed by atoms with Gasteiger partial charge in [0.2, 0.25) is 0 Å². The molecule has 0 bridgehead atoms. The molecule has 1 aliphatic carbocycles. The standard InChI is InChI=1S/C21H18N4O4/c26-24(27)16-8-4-14(5-9-16)12-20-18-2-1-3-19(18)22-21(23-20)13-15-6-10-17(11-7-15)25(28)29/h4-11H,1-3,12-13H2. The Bertz CT molecular complexity index is 1080. The molecule has 8 nitrogen and oxygen atoms in total. The predicted molar refractivity (Wildman–Crippen MR) is 106 cm³/mol. The van der Waals surface area contributed by atoms with Crippen LogP contribution < -0.4 is 0 Å². The molecule has 146 valence electrons. The molecule has 0 spiro atoms. The summed E-state index contributed by atoms with van der Waals surface area (Å²) in [7, 11) is 0. The molecule has 2 aromatic carbocycles. The minimum absolute atomic E-state index is 0.0579. The summed E-state index contributed by atoms with van der Waals surface area (Å²) >= 11 is 0. The van der Waals surface area contributed by atoms with Crippen molar-refractivity contribution in [1.29, 1.82) is 0 Å². The first kappa shape index (κ1) is 18.7. The van der Waals surface area contributed by atoms with Crippen molar-refractivity contribution in [1.82, 2.24) is 9.97 Å². The lowest BCUT2D eigenvalue weighted by Crippen LogP contribution is -2.07. The van der Waals surface area contributed by atoms with Gasteiger partial charge >= 0.3 is 0 Å². The fourth-order valence-electron chi connectivity index (χ4n) is 3.64. The molecular weight excluding hydrogens is 372 g/mol. The zero-order chi connectivity index (χ0) is 20.4. The largest absolute Gasteiger partial charge is 0.269 e. The zero-order valence-corrected chi connectivity index (χ0v) is 15.6. The van der Waals surface area contributed by atoms with Gasteiger partial charge in [0.25, 0.3) is 11.4 Å². The first-order valence-electron chi connectivity index (χ1n) is 9.34. The summed E-state index contributed by atoms with van der Waals surface area (Å²) < 4.78 is 0. The summed E-state index contributed by atoms with van der Waals surface area (Å²) in [5.41, 5.74) is 5.20. The quantitative estimate of drug-likeness (QED) is 0.465. The topological polar surface area (TPSA) is 112 Å². The Morgan fingerprint density at radius 3 is 1.86 bits per heavy atom. The highest BCUT2D eigenvalue weighted by molar-refractivity contribution is 5.39. The number of nitrogens with zero attached hydrogens (tertiary/aromatic N) is 4. The van der Waals surface area contributed by atoms with Crippen LogP contribution in [0.2, 0.25) is 0 Å². The predicted octanol–water partition coefficient (Wildman–Crippen LogP) is 3.96. The molecule has 0 saturated heterocycles. The van der Waals surface area contributed by atoms with Crippen molar-refractivity contribution in [2.75, 3.05) is 0 Å². The Labute approximate surface area is 166 Å². The Morgan fingerprint density at radius 2 is 1.31 bits per heavy atom. The highest BCUT2D eigenvalue weighted by atomic mass is 16.6. The van der Waals surface area contributed by atoms with Gasteiger partial charge in [-0.15, -0.1) is 0 Å². The van der Waals surface area contributed by atoms with Crippen LogP contribution in [0.5, 0.6) is 0 Å². The first-order valence-corrected chi connectivity index (χ1v) is 9.34. The van der Waals surface area contributed by atoms with Crippen LogP contribution in [0.25, 0.3) is 0 Å². The number of rotatable bonds is 6. The van der Waals surface area contributed by atoms with Crippen LogP contribution in [0, 0.1) is 20.2 Å². The van der Waals surface area contributed by atoms with Gasteiger partial charge in [-0.1, -0.05) is 24.3 Å². The Hall–Kier alpha value is -3.68. The molecular formula is C21H18N4O4. The monoisotopic (exact) mass is 390 g/mol. The Kier molecular flexibility index (Phi) is 4.99. The molecule has 0 saturated carbocycles. The van der Waals surface area contributed by atoms with Crippen molar-refractivity contribution in [2.45, 2.75) is 32.1 Å². The third-order valence-electron chi connectivity index (χ3n) is 5.09. The van der Waals surface area contributed by atoms with E-state index in [0.29, 0.717) is 18.7 Å². The van der Waals surface area contributed by atoms with Crippen LogP contribution in [0.3, 0.4) is 0 Å². The van der Waals surface area contributed by atoms with Gasteiger partial charge in [0.05, 0.1) is 15.5 Å². The van der Waals surface area contributed by atoms with E-state index < -0.39 is 9.85 Å². The number of nitro benzene ring substituents is 2.